The van der Waals surface area contributed by atoms with Crippen LogP contribution in [0.2, 0.25) is 0 Å². The molecule has 4 rings (SSSR count). The van der Waals surface area contributed by atoms with Crippen molar-refractivity contribution in [3.05, 3.63) is 61.3 Å². The zero-order valence-corrected chi connectivity index (χ0v) is 21.4. The molecule has 0 N–H and O–H groups in total. The third kappa shape index (κ3) is 5.08. The van der Waals surface area contributed by atoms with Gasteiger partial charge < -0.3 is 0 Å². The number of rotatable bonds is 3. The van der Waals surface area contributed by atoms with Gasteiger partial charge in [0.2, 0.25) is 10.0 Å². The van der Waals surface area contributed by atoms with E-state index in [0.29, 0.717) is 12.8 Å². The average Bonchev–Trinajstić information content (AvgIpc) is 2.83. The molecule has 1 aliphatic heterocycles. The molecule has 1 aromatic carbocycles. The van der Waals surface area contributed by atoms with Crippen LogP contribution in [0.1, 0.15) is 46.7 Å². The van der Waals surface area contributed by atoms with Crippen molar-refractivity contribution in [2.24, 2.45) is 5.92 Å². The monoisotopic (exact) mass is 594 g/mol. The van der Waals surface area contributed by atoms with E-state index in [1.54, 1.807) is 6.20 Å². The Morgan fingerprint density at radius 1 is 1.09 bits per heavy atom. The van der Waals surface area contributed by atoms with E-state index in [0.717, 1.165) is 42.9 Å². The van der Waals surface area contributed by atoms with E-state index in [9.17, 15) is 21.6 Å². The zero-order valence-electron chi connectivity index (χ0n) is 17.4. The predicted molar refractivity (Wildman–Crippen MR) is 124 cm³/mol. The van der Waals surface area contributed by atoms with Crippen LogP contribution in [-0.4, -0.2) is 42.7 Å². The number of pyridine rings is 1. The molecule has 1 aromatic heterocycles. The van der Waals surface area contributed by atoms with Crippen molar-refractivity contribution in [2.45, 2.75) is 44.7 Å². The molecular formula is C22H23Br2F3N2O2S. The fourth-order valence-corrected chi connectivity index (χ4v) is 7.61. The van der Waals surface area contributed by atoms with Gasteiger partial charge in [0.1, 0.15) is 0 Å². The van der Waals surface area contributed by atoms with E-state index < -0.39 is 22.0 Å². The van der Waals surface area contributed by atoms with Crippen LogP contribution in [0.5, 0.6) is 0 Å². The Morgan fingerprint density at radius 3 is 2.41 bits per heavy atom. The van der Waals surface area contributed by atoms with Crippen molar-refractivity contribution in [3.63, 3.8) is 0 Å². The lowest BCUT2D eigenvalue weighted by atomic mass is 9.76. The molecule has 1 atom stereocenters. The van der Waals surface area contributed by atoms with E-state index in [4.69, 9.17) is 4.98 Å². The molecule has 0 radical (unpaired) electrons. The van der Waals surface area contributed by atoms with Gasteiger partial charge in [0.25, 0.3) is 0 Å². The summed E-state index contributed by atoms with van der Waals surface area (Å²) in [5, 5.41) is 0. The van der Waals surface area contributed by atoms with Gasteiger partial charge in [-0.2, -0.15) is 13.2 Å². The molecule has 10 heteroatoms. The summed E-state index contributed by atoms with van der Waals surface area (Å²) in [6, 6.07) is 6.36. The SMILES string of the molecule is Cc1cc(Br)c2c(c1)CCc1cc(Br)cnc1C2C1CCN(S(=O)(=O)CC(F)(F)F)CC1. The van der Waals surface area contributed by atoms with E-state index in [-0.39, 0.29) is 24.9 Å². The van der Waals surface area contributed by atoms with Gasteiger partial charge in [-0.15, -0.1) is 0 Å². The molecule has 0 saturated carbocycles. The highest BCUT2D eigenvalue weighted by Gasteiger charge is 2.41. The Morgan fingerprint density at radius 2 is 1.75 bits per heavy atom. The van der Waals surface area contributed by atoms with Crippen LogP contribution in [0.4, 0.5) is 13.2 Å². The van der Waals surface area contributed by atoms with Crippen molar-refractivity contribution in [3.8, 4) is 0 Å². The summed E-state index contributed by atoms with van der Waals surface area (Å²) >= 11 is 7.26. The third-order valence-corrected chi connectivity index (χ3v) is 9.24. The van der Waals surface area contributed by atoms with E-state index in [1.165, 1.54) is 11.1 Å². The van der Waals surface area contributed by atoms with Crippen molar-refractivity contribution in [2.75, 3.05) is 18.8 Å². The Balaban J connectivity index is 1.68. The Kier molecular flexibility index (Phi) is 6.80. The number of hydrogen-bond acceptors (Lipinski definition) is 3. The normalized spacial score (nSPS) is 20.5. The minimum atomic E-state index is -4.74. The lowest BCUT2D eigenvalue weighted by Gasteiger charge is -2.36. The largest absolute Gasteiger partial charge is 0.404 e. The molecule has 1 aliphatic carbocycles. The number of hydrogen-bond donors (Lipinski definition) is 0. The Labute approximate surface area is 202 Å². The maximum Gasteiger partial charge on any atom is 0.404 e. The first-order valence-corrected chi connectivity index (χ1v) is 13.6. The first-order chi connectivity index (χ1) is 14.9. The molecule has 2 heterocycles. The summed E-state index contributed by atoms with van der Waals surface area (Å²) in [6.07, 6.45) is -0.274. The van der Waals surface area contributed by atoms with Gasteiger partial charge >= 0.3 is 6.18 Å². The number of nitrogens with zero attached hydrogens (tertiary/aromatic N) is 2. The third-order valence-electron chi connectivity index (χ3n) is 6.31. The number of piperidine rings is 1. The lowest BCUT2D eigenvalue weighted by molar-refractivity contribution is -0.107. The van der Waals surface area contributed by atoms with Crippen molar-refractivity contribution in [1.82, 2.24) is 9.29 Å². The summed E-state index contributed by atoms with van der Waals surface area (Å²) in [5.41, 5.74) is 5.69. The Bertz CT molecular complexity index is 1130. The van der Waals surface area contributed by atoms with Gasteiger partial charge in [0.15, 0.2) is 5.75 Å². The second-order valence-electron chi connectivity index (χ2n) is 8.60. The molecule has 174 valence electrons. The molecule has 1 saturated heterocycles. The molecule has 2 aliphatic rings. The first-order valence-electron chi connectivity index (χ1n) is 10.4. The van der Waals surface area contributed by atoms with Crippen LogP contribution >= 0.6 is 31.9 Å². The smallest absolute Gasteiger partial charge is 0.259 e. The highest BCUT2D eigenvalue weighted by atomic mass is 79.9. The number of sulfonamides is 1. The summed E-state index contributed by atoms with van der Waals surface area (Å²) in [5.74, 6) is -1.77. The van der Waals surface area contributed by atoms with Gasteiger partial charge in [0.05, 0.1) is 5.69 Å². The zero-order chi connectivity index (χ0) is 23.3. The highest BCUT2D eigenvalue weighted by molar-refractivity contribution is 9.10. The van der Waals surface area contributed by atoms with Crippen LogP contribution in [0, 0.1) is 12.8 Å². The van der Waals surface area contributed by atoms with Crippen molar-refractivity contribution in [1.29, 1.82) is 0 Å². The number of aryl methyl sites for hydroxylation is 3. The number of halogens is 5. The van der Waals surface area contributed by atoms with E-state index in [2.05, 4.69) is 57.0 Å². The first kappa shape index (κ1) is 24.2. The molecular weight excluding hydrogens is 573 g/mol. The van der Waals surface area contributed by atoms with Crippen LogP contribution in [0.15, 0.2) is 33.3 Å². The summed E-state index contributed by atoms with van der Waals surface area (Å²) in [7, 11) is -4.37. The number of fused-ring (bicyclic) bond motifs is 2. The highest BCUT2D eigenvalue weighted by Crippen LogP contribution is 2.46. The molecule has 0 spiro atoms. The molecule has 2 aromatic rings. The van der Waals surface area contributed by atoms with Crippen LogP contribution < -0.4 is 0 Å². The lowest BCUT2D eigenvalue weighted by Crippen LogP contribution is -2.43. The minimum Gasteiger partial charge on any atom is -0.259 e. The maximum atomic E-state index is 12.7. The van der Waals surface area contributed by atoms with Gasteiger partial charge in [-0.3, -0.25) is 4.98 Å². The second-order valence-corrected chi connectivity index (χ2v) is 12.3. The molecule has 1 fully saturated rings. The molecule has 0 amide bonds. The standard InChI is InChI=1S/C22H23Br2F3N2O2S/c1-13-8-15-2-3-16-10-17(23)11-28-21(16)20(19(15)18(24)9-13)14-4-6-29(7-5-14)32(30,31)12-22(25,26)27/h8-11,14,20H,2-7,12H2,1H3. The summed E-state index contributed by atoms with van der Waals surface area (Å²) < 4.78 is 65.6. The topological polar surface area (TPSA) is 50.3 Å². The van der Waals surface area contributed by atoms with Crippen molar-refractivity contribution >= 4 is 41.9 Å². The van der Waals surface area contributed by atoms with Crippen LogP contribution in [0.3, 0.4) is 0 Å². The van der Waals surface area contributed by atoms with Gasteiger partial charge in [-0.25, -0.2) is 12.7 Å². The number of alkyl halides is 3. The number of aromatic nitrogens is 1. The molecule has 0 bridgehead atoms. The fraction of sp³-hybridized carbons (Fsp3) is 0.500. The van der Waals surface area contributed by atoms with Crippen LogP contribution in [-0.2, 0) is 22.9 Å². The minimum absolute atomic E-state index is 0.0435. The van der Waals surface area contributed by atoms with Gasteiger partial charge in [-0.05, 0) is 88.8 Å². The molecule has 32 heavy (non-hydrogen) atoms. The maximum absolute atomic E-state index is 12.7. The second kappa shape index (κ2) is 9.00. The summed E-state index contributed by atoms with van der Waals surface area (Å²) in [4.78, 5) is 4.77. The quantitative estimate of drug-likeness (QED) is 0.454. The number of benzene rings is 1. The van der Waals surface area contributed by atoms with Crippen LogP contribution in [0.25, 0.3) is 0 Å². The molecule has 1 unspecified atom stereocenters. The molecule has 4 nitrogen and oxygen atoms in total. The van der Waals surface area contributed by atoms with Gasteiger partial charge in [-0.1, -0.05) is 22.0 Å². The van der Waals surface area contributed by atoms with E-state index >= 15 is 0 Å². The fourth-order valence-electron chi connectivity index (χ4n) is 5.00. The Hall–Kier alpha value is -0.970. The summed E-state index contributed by atoms with van der Waals surface area (Å²) in [6.45, 7) is 2.23. The van der Waals surface area contributed by atoms with E-state index in [1.807, 2.05) is 0 Å². The average molecular weight is 596 g/mol. The predicted octanol–water partition coefficient (Wildman–Crippen LogP) is 5.75. The van der Waals surface area contributed by atoms with Crippen molar-refractivity contribution < 1.29 is 21.6 Å². The van der Waals surface area contributed by atoms with Gasteiger partial charge in [0, 0.05) is 34.1 Å².